The summed E-state index contributed by atoms with van der Waals surface area (Å²) in [5.41, 5.74) is 3.83. The van der Waals surface area contributed by atoms with Crippen molar-refractivity contribution in [1.82, 2.24) is 0 Å². The molecule has 8 nitrogen and oxygen atoms in total. The summed E-state index contributed by atoms with van der Waals surface area (Å²) in [6.07, 6.45) is 0. The molecule has 0 aliphatic rings. The van der Waals surface area contributed by atoms with Crippen LogP contribution in [0.25, 0.3) is 0 Å². The molecular formula is C12H22N8. The largest absolute Gasteiger partial charge is 0.323 e. The van der Waals surface area contributed by atoms with Gasteiger partial charge in [0.15, 0.2) is 0 Å². The van der Waals surface area contributed by atoms with Crippen molar-refractivity contribution in [2.24, 2.45) is 42.3 Å². The Bertz CT molecular complexity index is 472. The van der Waals surface area contributed by atoms with Crippen LogP contribution in [-0.2, 0) is 0 Å². The average molecular weight is 278 g/mol. The van der Waals surface area contributed by atoms with Crippen LogP contribution >= 0.6 is 0 Å². The summed E-state index contributed by atoms with van der Waals surface area (Å²) in [4.78, 5) is 0. The van der Waals surface area contributed by atoms with Gasteiger partial charge in [-0.2, -0.15) is 30.6 Å². The number of hydrazone groups is 2. The Labute approximate surface area is 119 Å². The van der Waals surface area contributed by atoms with Crippen LogP contribution in [0.4, 0.5) is 0 Å². The van der Waals surface area contributed by atoms with E-state index < -0.39 is 0 Å². The summed E-state index contributed by atoms with van der Waals surface area (Å²) >= 11 is 0. The van der Waals surface area contributed by atoms with Crippen molar-refractivity contribution in [3.8, 4) is 0 Å². The van der Waals surface area contributed by atoms with Crippen LogP contribution in [0.3, 0.4) is 0 Å². The van der Waals surface area contributed by atoms with Crippen LogP contribution in [0.1, 0.15) is 41.5 Å². The van der Waals surface area contributed by atoms with Crippen LogP contribution in [0.5, 0.6) is 0 Å². The molecule has 0 atom stereocenters. The first kappa shape index (κ1) is 17.6. The molecule has 110 valence electrons. The lowest BCUT2D eigenvalue weighted by Gasteiger charge is -1.98. The van der Waals surface area contributed by atoms with E-state index in [1.165, 1.54) is 0 Å². The van der Waals surface area contributed by atoms with Gasteiger partial charge in [-0.05, 0) is 41.5 Å². The monoisotopic (exact) mass is 278 g/mol. The van der Waals surface area contributed by atoms with Gasteiger partial charge in [-0.15, -0.1) is 0 Å². The molecule has 8 heteroatoms. The first-order chi connectivity index (χ1) is 9.33. The number of hydrogen-bond donors (Lipinski definition) is 2. The lowest BCUT2D eigenvalue weighted by Crippen LogP contribution is -2.10. The smallest absolute Gasteiger partial charge is 0.0829 e. The second-order valence-corrected chi connectivity index (χ2v) is 4.17. The number of nitrogens with zero attached hydrogens (tertiary/aromatic N) is 6. The summed E-state index contributed by atoms with van der Waals surface area (Å²) in [5.74, 6) is 10.3. The normalized spacial score (nSPS) is 16.7. The maximum Gasteiger partial charge on any atom is 0.0829 e. The van der Waals surface area contributed by atoms with Gasteiger partial charge >= 0.3 is 0 Å². The molecule has 0 saturated heterocycles. The fraction of sp³-hybridized carbons (Fsp3) is 0.500. The molecule has 20 heavy (non-hydrogen) atoms. The average Bonchev–Trinajstić information content (AvgIpc) is 2.47. The quantitative estimate of drug-likeness (QED) is 0.447. The van der Waals surface area contributed by atoms with Crippen LogP contribution in [-0.4, -0.2) is 34.3 Å². The molecule has 0 rings (SSSR count). The van der Waals surface area contributed by atoms with E-state index in [1.807, 2.05) is 0 Å². The van der Waals surface area contributed by atoms with Crippen molar-refractivity contribution in [2.75, 3.05) is 0 Å². The second kappa shape index (κ2) is 8.68. The molecule has 0 aliphatic heterocycles. The van der Waals surface area contributed by atoms with E-state index in [0.29, 0.717) is 34.3 Å². The number of rotatable bonds is 5. The maximum atomic E-state index is 5.16. The van der Waals surface area contributed by atoms with Gasteiger partial charge in [0.25, 0.3) is 0 Å². The van der Waals surface area contributed by atoms with Crippen molar-refractivity contribution in [3.05, 3.63) is 0 Å². The highest BCUT2D eigenvalue weighted by molar-refractivity contribution is 6.43. The zero-order valence-corrected chi connectivity index (χ0v) is 12.8. The minimum Gasteiger partial charge on any atom is -0.323 e. The van der Waals surface area contributed by atoms with Gasteiger partial charge in [0.2, 0.25) is 0 Å². The molecule has 0 amide bonds. The van der Waals surface area contributed by atoms with Crippen molar-refractivity contribution in [3.63, 3.8) is 0 Å². The van der Waals surface area contributed by atoms with Crippen molar-refractivity contribution < 1.29 is 0 Å². The van der Waals surface area contributed by atoms with Crippen molar-refractivity contribution in [2.45, 2.75) is 41.5 Å². The van der Waals surface area contributed by atoms with E-state index in [1.54, 1.807) is 41.5 Å². The third-order valence-electron chi connectivity index (χ3n) is 2.66. The Morgan fingerprint density at radius 2 is 0.650 bits per heavy atom. The lowest BCUT2D eigenvalue weighted by molar-refractivity contribution is 1.20. The second-order valence-electron chi connectivity index (χ2n) is 4.17. The summed E-state index contributed by atoms with van der Waals surface area (Å²) in [6, 6.07) is 0. The van der Waals surface area contributed by atoms with Crippen LogP contribution in [0, 0.1) is 0 Å². The SMILES string of the molecule is CC(=N\N)/C(C)=N/N=C(C)/C(C)=N/N=C(C)/C(C)=N/N. The van der Waals surface area contributed by atoms with Gasteiger partial charge in [-0.25, -0.2) is 0 Å². The molecule has 0 unspecified atom stereocenters. The predicted molar refractivity (Wildman–Crippen MR) is 87.0 cm³/mol. The summed E-state index contributed by atoms with van der Waals surface area (Å²) in [5, 5.41) is 23.2. The topological polar surface area (TPSA) is 126 Å². The minimum absolute atomic E-state index is 0.625. The van der Waals surface area contributed by atoms with E-state index >= 15 is 0 Å². The molecule has 0 saturated carbocycles. The first-order valence-electron chi connectivity index (χ1n) is 6.01. The zero-order valence-electron chi connectivity index (χ0n) is 12.8. The molecule has 0 aromatic rings. The molecule has 0 aromatic carbocycles. The predicted octanol–water partition coefficient (Wildman–Crippen LogP) is 1.33. The van der Waals surface area contributed by atoms with Gasteiger partial charge < -0.3 is 11.7 Å². The third kappa shape index (κ3) is 5.98. The number of hydrogen-bond acceptors (Lipinski definition) is 8. The third-order valence-corrected chi connectivity index (χ3v) is 2.66. The fourth-order valence-electron chi connectivity index (χ4n) is 0.776. The molecule has 0 aromatic heterocycles. The first-order valence-corrected chi connectivity index (χ1v) is 6.01. The molecule has 0 heterocycles. The molecule has 0 aliphatic carbocycles. The van der Waals surface area contributed by atoms with Gasteiger partial charge in [0.05, 0.1) is 34.3 Å². The lowest BCUT2D eigenvalue weighted by atomic mass is 10.3. The Hall–Kier alpha value is -2.38. The van der Waals surface area contributed by atoms with Gasteiger partial charge in [0, 0.05) is 0 Å². The van der Waals surface area contributed by atoms with E-state index in [-0.39, 0.29) is 0 Å². The molecule has 0 spiro atoms. The standard InChI is InChI=1S/C12H22N8/c1-7(15-13)9(3)17-19-11(5)12(6)20-18-10(4)8(2)16-14/h13-14H2,1-6H3/b15-7+,16-8+,17-9+,18-10+,19-11+,20-12+. The van der Waals surface area contributed by atoms with E-state index in [0.717, 1.165) is 0 Å². The Balaban J connectivity index is 5.08. The fourth-order valence-corrected chi connectivity index (χ4v) is 0.776. The Morgan fingerprint density at radius 1 is 0.450 bits per heavy atom. The van der Waals surface area contributed by atoms with Gasteiger partial charge in [0.1, 0.15) is 0 Å². The summed E-state index contributed by atoms with van der Waals surface area (Å²) in [6.45, 7) is 10.6. The molecule has 0 radical (unpaired) electrons. The molecule has 0 bridgehead atoms. The molecular weight excluding hydrogens is 256 g/mol. The zero-order chi connectivity index (χ0) is 15.7. The van der Waals surface area contributed by atoms with E-state index in [2.05, 4.69) is 30.6 Å². The summed E-state index contributed by atoms with van der Waals surface area (Å²) in [7, 11) is 0. The minimum atomic E-state index is 0.625. The van der Waals surface area contributed by atoms with E-state index in [4.69, 9.17) is 11.7 Å². The van der Waals surface area contributed by atoms with Crippen LogP contribution in [0.15, 0.2) is 30.6 Å². The van der Waals surface area contributed by atoms with Crippen LogP contribution in [0.2, 0.25) is 0 Å². The molecule has 0 fully saturated rings. The van der Waals surface area contributed by atoms with Crippen molar-refractivity contribution >= 4 is 34.3 Å². The Morgan fingerprint density at radius 3 is 0.850 bits per heavy atom. The van der Waals surface area contributed by atoms with Crippen molar-refractivity contribution in [1.29, 1.82) is 0 Å². The highest BCUT2D eigenvalue weighted by Crippen LogP contribution is 1.92. The van der Waals surface area contributed by atoms with Gasteiger partial charge in [-0.3, -0.25) is 0 Å². The maximum absolute atomic E-state index is 5.16. The number of nitrogens with two attached hydrogens (primary N) is 2. The Kier molecular flexibility index (Phi) is 7.64. The summed E-state index contributed by atoms with van der Waals surface area (Å²) < 4.78 is 0. The van der Waals surface area contributed by atoms with Crippen LogP contribution < -0.4 is 11.7 Å². The highest BCUT2D eigenvalue weighted by Gasteiger charge is 1.99. The van der Waals surface area contributed by atoms with E-state index in [9.17, 15) is 0 Å². The highest BCUT2D eigenvalue weighted by atomic mass is 15.3. The molecule has 4 N–H and O–H groups in total. The van der Waals surface area contributed by atoms with Gasteiger partial charge in [-0.1, -0.05) is 0 Å².